The number of amides is 1. The smallest absolute Gasteiger partial charge is 0.445 e. The minimum absolute atomic E-state index is 0.209. The van der Waals surface area contributed by atoms with E-state index in [4.69, 9.17) is 14.0 Å². The second-order valence-electron chi connectivity index (χ2n) is 7.70. The molecular formula is C20H26BN3O4. The van der Waals surface area contributed by atoms with Crippen LogP contribution in [0.1, 0.15) is 39.1 Å². The molecule has 0 atom stereocenters. The van der Waals surface area contributed by atoms with Crippen LogP contribution in [-0.2, 0) is 20.7 Å². The Morgan fingerprint density at radius 2 is 1.89 bits per heavy atom. The number of imidazole rings is 1. The molecule has 1 aliphatic heterocycles. The Morgan fingerprint density at radius 3 is 2.50 bits per heavy atom. The van der Waals surface area contributed by atoms with E-state index < -0.39 is 24.4 Å². The molecule has 1 amide bonds. The number of nitrogens with one attached hydrogen (secondary N) is 2. The zero-order chi connectivity index (χ0) is 20.2. The number of ether oxygens (including phenoxy) is 1. The number of carbonyl (C=O) groups is 1. The molecule has 0 spiro atoms. The first-order valence-electron chi connectivity index (χ1n) is 9.27. The molecule has 8 heteroatoms. The predicted molar refractivity (Wildman–Crippen MR) is 107 cm³/mol. The van der Waals surface area contributed by atoms with Crippen LogP contribution in [0.2, 0.25) is 0 Å². The largest absolute Gasteiger partial charge is 0.492 e. The summed E-state index contributed by atoms with van der Waals surface area (Å²) in [5.74, 6) is 0.657. The Labute approximate surface area is 165 Å². The number of carbonyl (C=O) groups excluding carboxylic acids is 1. The lowest BCUT2D eigenvalue weighted by molar-refractivity contribution is 0.00578. The number of alkyl carbamates (subject to hydrolysis) is 1. The van der Waals surface area contributed by atoms with Crippen LogP contribution in [0.5, 0.6) is 0 Å². The van der Waals surface area contributed by atoms with Gasteiger partial charge in [-0.15, -0.1) is 0 Å². The lowest BCUT2D eigenvalue weighted by Crippen LogP contribution is -2.41. The Kier molecular flexibility index (Phi) is 5.91. The maximum atomic E-state index is 12.1. The van der Waals surface area contributed by atoms with E-state index in [-0.39, 0.29) is 13.2 Å². The van der Waals surface area contributed by atoms with Gasteiger partial charge in [0.1, 0.15) is 12.4 Å². The monoisotopic (exact) mass is 383 g/mol. The summed E-state index contributed by atoms with van der Waals surface area (Å²) in [4.78, 5) is 19.4. The minimum Gasteiger partial charge on any atom is -0.445 e. The molecule has 1 aromatic heterocycles. The van der Waals surface area contributed by atoms with Gasteiger partial charge in [0.15, 0.2) is 0 Å². The van der Waals surface area contributed by atoms with Crippen molar-refractivity contribution in [3.05, 3.63) is 59.6 Å². The highest BCUT2D eigenvalue weighted by Gasteiger charge is 2.52. The first-order chi connectivity index (χ1) is 13.3. The topological polar surface area (TPSA) is 85.5 Å². The van der Waals surface area contributed by atoms with Gasteiger partial charge in [-0.05, 0) is 44.8 Å². The van der Waals surface area contributed by atoms with Crippen LogP contribution in [-0.4, -0.2) is 40.9 Å². The van der Waals surface area contributed by atoms with Crippen molar-refractivity contribution in [3.8, 4) is 0 Å². The molecule has 0 bridgehead atoms. The Hall–Kier alpha value is -2.58. The molecule has 1 aliphatic rings. The lowest BCUT2D eigenvalue weighted by Gasteiger charge is -2.32. The van der Waals surface area contributed by atoms with Crippen LogP contribution in [0.15, 0.2) is 48.2 Å². The quantitative estimate of drug-likeness (QED) is 0.748. The van der Waals surface area contributed by atoms with Gasteiger partial charge in [-0.3, -0.25) is 0 Å². The zero-order valence-corrected chi connectivity index (χ0v) is 16.7. The van der Waals surface area contributed by atoms with Gasteiger partial charge in [-0.2, -0.15) is 0 Å². The van der Waals surface area contributed by atoms with E-state index in [1.807, 2.05) is 64.1 Å². The van der Waals surface area contributed by atoms with E-state index in [1.165, 1.54) is 0 Å². The second-order valence-corrected chi connectivity index (χ2v) is 7.70. The van der Waals surface area contributed by atoms with Crippen LogP contribution in [0.25, 0.3) is 6.08 Å². The molecule has 0 saturated carbocycles. The summed E-state index contributed by atoms with van der Waals surface area (Å²) >= 11 is 0. The summed E-state index contributed by atoms with van der Waals surface area (Å²) in [6.45, 7) is 8.36. The highest BCUT2D eigenvalue weighted by atomic mass is 16.7. The number of aromatic amines is 1. The van der Waals surface area contributed by atoms with Gasteiger partial charge < -0.3 is 24.3 Å². The van der Waals surface area contributed by atoms with E-state index in [2.05, 4.69) is 15.3 Å². The molecule has 1 aromatic carbocycles. The summed E-state index contributed by atoms with van der Waals surface area (Å²) in [6, 6.07) is 9.53. The third-order valence-electron chi connectivity index (χ3n) is 5.05. The third kappa shape index (κ3) is 4.82. The SMILES string of the molecule is CC1(C)OB(C(=Cc2ncc[nH]2)CNC(=O)OCc2ccccc2)OC1(C)C. The van der Waals surface area contributed by atoms with Crippen molar-refractivity contribution in [2.24, 2.45) is 0 Å². The fraction of sp³-hybridized carbons (Fsp3) is 0.400. The van der Waals surface area contributed by atoms with Gasteiger partial charge >= 0.3 is 13.2 Å². The third-order valence-corrected chi connectivity index (χ3v) is 5.05. The molecule has 0 unspecified atom stereocenters. The number of benzene rings is 1. The number of aromatic nitrogens is 2. The Balaban J connectivity index is 1.64. The van der Waals surface area contributed by atoms with Crippen molar-refractivity contribution in [2.75, 3.05) is 6.54 Å². The molecule has 0 aliphatic carbocycles. The highest BCUT2D eigenvalue weighted by Crippen LogP contribution is 2.38. The van der Waals surface area contributed by atoms with Crippen LogP contribution >= 0.6 is 0 Å². The fourth-order valence-corrected chi connectivity index (χ4v) is 2.68. The van der Waals surface area contributed by atoms with Crippen LogP contribution in [0.4, 0.5) is 4.79 Å². The summed E-state index contributed by atoms with van der Waals surface area (Å²) in [6.07, 6.45) is 4.70. The van der Waals surface area contributed by atoms with Gasteiger partial charge in [0, 0.05) is 18.9 Å². The minimum atomic E-state index is -0.593. The number of hydrogen-bond acceptors (Lipinski definition) is 5. The summed E-state index contributed by atoms with van der Waals surface area (Å²) < 4.78 is 17.5. The van der Waals surface area contributed by atoms with E-state index in [0.717, 1.165) is 11.0 Å². The van der Waals surface area contributed by atoms with Gasteiger partial charge in [-0.1, -0.05) is 30.3 Å². The van der Waals surface area contributed by atoms with Crippen molar-refractivity contribution in [3.63, 3.8) is 0 Å². The van der Waals surface area contributed by atoms with E-state index in [0.29, 0.717) is 5.82 Å². The van der Waals surface area contributed by atoms with E-state index >= 15 is 0 Å². The number of nitrogens with zero attached hydrogens (tertiary/aromatic N) is 1. The van der Waals surface area contributed by atoms with Crippen LogP contribution < -0.4 is 5.32 Å². The molecule has 148 valence electrons. The fourth-order valence-electron chi connectivity index (χ4n) is 2.68. The molecule has 7 nitrogen and oxygen atoms in total. The number of rotatable bonds is 6. The molecular weight excluding hydrogens is 357 g/mol. The van der Waals surface area contributed by atoms with Gasteiger partial charge in [-0.25, -0.2) is 9.78 Å². The Morgan fingerprint density at radius 1 is 1.21 bits per heavy atom. The summed E-state index contributed by atoms with van der Waals surface area (Å²) in [5, 5.41) is 2.77. The van der Waals surface area contributed by atoms with Gasteiger partial charge in [0.2, 0.25) is 0 Å². The standard InChI is InChI=1S/C20H26BN3O4/c1-19(2)20(3,4)28-21(27-19)16(12-17-22-10-11-23-17)13-24-18(25)26-14-15-8-6-5-7-9-15/h5-12H,13-14H2,1-4H3,(H,22,23)(H,24,25). The molecule has 3 rings (SSSR count). The maximum Gasteiger partial charge on any atom is 0.492 e. The lowest BCUT2D eigenvalue weighted by atomic mass is 9.77. The van der Waals surface area contributed by atoms with Crippen molar-refractivity contribution >= 4 is 19.3 Å². The van der Waals surface area contributed by atoms with Crippen LogP contribution in [0, 0.1) is 0 Å². The molecule has 0 radical (unpaired) electrons. The average molecular weight is 383 g/mol. The van der Waals surface area contributed by atoms with Gasteiger partial charge in [0.25, 0.3) is 0 Å². The van der Waals surface area contributed by atoms with E-state index in [9.17, 15) is 4.79 Å². The second kappa shape index (κ2) is 8.20. The maximum absolute atomic E-state index is 12.1. The van der Waals surface area contributed by atoms with Crippen molar-refractivity contribution in [1.82, 2.24) is 15.3 Å². The van der Waals surface area contributed by atoms with Crippen molar-refractivity contribution < 1.29 is 18.8 Å². The number of hydrogen-bond donors (Lipinski definition) is 2. The summed E-state index contributed by atoms with van der Waals surface area (Å²) in [5.41, 5.74) is 0.710. The summed E-state index contributed by atoms with van der Waals surface area (Å²) in [7, 11) is -0.593. The zero-order valence-electron chi connectivity index (χ0n) is 16.7. The first kappa shape index (κ1) is 20.2. The normalized spacial score (nSPS) is 18.1. The highest BCUT2D eigenvalue weighted by molar-refractivity contribution is 6.55. The first-order valence-corrected chi connectivity index (χ1v) is 9.27. The van der Waals surface area contributed by atoms with Crippen LogP contribution in [0.3, 0.4) is 0 Å². The van der Waals surface area contributed by atoms with Gasteiger partial charge in [0.05, 0.1) is 11.2 Å². The Bertz CT molecular complexity index is 803. The molecule has 2 N–H and O–H groups in total. The van der Waals surface area contributed by atoms with Crippen molar-refractivity contribution in [2.45, 2.75) is 45.5 Å². The molecule has 28 heavy (non-hydrogen) atoms. The molecule has 2 aromatic rings. The van der Waals surface area contributed by atoms with E-state index in [1.54, 1.807) is 12.4 Å². The predicted octanol–water partition coefficient (Wildman–Crippen LogP) is 3.35. The molecule has 1 saturated heterocycles. The van der Waals surface area contributed by atoms with Crippen molar-refractivity contribution in [1.29, 1.82) is 0 Å². The molecule has 1 fully saturated rings. The average Bonchev–Trinajstić information content (AvgIpc) is 3.23. The molecule has 2 heterocycles. The number of H-pyrrole nitrogens is 1.